The summed E-state index contributed by atoms with van der Waals surface area (Å²) in [6.07, 6.45) is 7.74. The van der Waals surface area contributed by atoms with Crippen LogP contribution >= 0.6 is 23.1 Å². The number of thiazole rings is 1. The lowest BCUT2D eigenvalue weighted by Gasteiger charge is -2.13. The van der Waals surface area contributed by atoms with Gasteiger partial charge in [-0.1, -0.05) is 24.8 Å². The van der Waals surface area contributed by atoms with E-state index in [1.54, 1.807) is 22.7 Å². The van der Waals surface area contributed by atoms with Gasteiger partial charge in [0.25, 0.3) is 5.56 Å². The predicted octanol–water partition coefficient (Wildman–Crippen LogP) is 3.55. The van der Waals surface area contributed by atoms with Crippen LogP contribution in [-0.2, 0) is 0 Å². The Kier molecular flexibility index (Phi) is 3.76. The first-order valence-corrected chi connectivity index (χ1v) is 8.38. The Balaban J connectivity index is 2.16. The minimum atomic E-state index is -0.0173. The number of nitrogens with zero attached hydrogens (tertiary/aromatic N) is 3. The highest BCUT2D eigenvalue weighted by Gasteiger charge is 2.14. The average molecular weight is 305 g/mol. The zero-order valence-corrected chi connectivity index (χ0v) is 13.1. The third-order valence-electron chi connectivity index (χ3n) is 3.22. The summed E-state index contributed by atoms with van der Waals surface area (Å²) in [7, 11) is 0. The van der Waals surface area contributed by atoms with Gasteiger partial charge in [-0.15, -0.1) is 11.3 Å². The quantitative estimate of drug-likeness (QED) is 0.814. The molecule has 104 valence electrons. The fraction of sp³-hybridized carbons (Fsp3) is 0.357. The van der Waals surface area contributed by atoms with Crippen LogP contribution in [-0.4, -0.2) is 20.3 Å². The molecule has 0 aliphatic heterocycles. The third-order valence-corrected chi connectivity index (χ3v) is 5.28. The van der Waals surface area contributed by atoms with Gasteiger partial charge in [0.05, 0.1) is 0 Å². The van der Waals surface area contributed by atoms with Gasteiger partial charge in [-0.25, -0.2) is 9.97 Å². The molecule has 0 radical (unpaired) electrons. The zero-order valence-electron chi connectivity index (χ0n) is 11.4. The topological polar surface area (TPSA) is 47.8 Å². The smallest absolute Gasteiger partial charge is 0.267 e. The summed E-state index contributed by atoms with van der Waals surface area (Å²) in [6.45, 7) is 4.14. The molecule has 2 aromatic rings. The standard InChI is InChI=1S/C14H15N3OS2/c1-3-19-14-16-12-11(20-14)13(18)17(8-15-12)10-7-5-4-6-9(10)2/h5,7-8H,3-4,6H2,1-2H3. The molecular formula is C14H15N3OS2. The molecule has 2 aromatic heterocycles. The molecule has 0 amide bonds. The van der Waals surface area contributed by atoms with Crippen molar-refractivity contribution in [1.82, 2.24) is 14.5 Å². The second-order valence-corrected chi connectivity index (χ2v) is 7.10. The van der Waals surface area contributed by atoms with Crippen LogP contribution in [0.2, 0.25) is 0 Å². The maximum atomic E-state index is 12.6. The minimum Gasteiger partial charge on any atom is -0.267 e. The Labute approximate surface area is 125 Å². The minimum absolute atomic E-state index is 0.0173. The van der Waals surface area contributed by atoms with Crippen molar-refractivity contribution in [3.05, 3.63) is 34.4 Å². The first kappa shape index (κ1) is 13.6. The van der Waals surface area contributed by atoms with E-state index in [1.165, 1.54) is 16.9 Å². The van der Waals surface area contributed by atoms with Crippen LogP contribution in [0.15, 0.2) is 33.2 Å². The molecule has 1 aliphatic rings. The first-order chi connectivity index (χ1) is 9.70. The van der Waals surface area contributed by atoms with Crippen molar-refractivity contribution in [3.8, 4) is 0 Å². The normalized spacial score (nSPS) is 15.3. The van der Waals surface area contributed by atoms with Gasteiger partial charge in [0.1, 0.15) is 11.0 Å². The van der Waals surface area contributed by atoms with E-state index in [-0.39, 0.29) is 5.56 Å². The Hall–Kier alpha value is -1.40. The fourth-order valence-electron chi connectivity index (χ4n) is 2.20. The van der Waals surface area contributed by atoms with Gasteiger partial charge in [-0.05, 0) is 37.2 Å². The van der Waals surface area contributed by atoms with Crippen LogP contribution in [0.4, 0.5) is 0 Å². The lowest BCUT2D eigenvalue weighted by molar-refractivity contribution is 0.908. The van der Waals surface area contributed by atoms with Crippen molar-refractivity contribution in [3.63, 3.8) is 0 Å². The van der Waals surface area contributed by atoms with E-state index < -0.39 is 0 Å². The molecule has 0 N–H and O–H groups in total. The zero-order chi connectivity index (χ0) is 14.1. The summed E-state index contributed by atoms with van der Waals surface area (Å²) in [6, 6.07) is 0. The number of fused-ring (bicyclic) bond motifs is 1. The number of allylic oxidation sites excluding steroid dienone is 4. The average Bonchev–Trinajstić information content (AvgIpc) is 2.85. The number of rotatable bonds is 3. The van der Waals surface area contributed by atoms with Gasteiger partial charge in [0, 0.05) is 5.70 Å². The van der Waals surface area contributed by atoms with Crippen LogP contribution < -0.4 is 5.56 Å². The highest BCUT2D eigenvalue weighted by atomic mass is 32.2. The molecule has 20 heavy (non-hydrogen) atoms. The molecule has 0 bridgehead atoms. The SMILES string of the molecule is CCSc1nc2ncn(C3=C(C)CCC=C3)c(=O)c2s1. The summed E-state index contributed by atoms with van der Waals surface area (Å²) in [5.41, 5.74) is 2.72. The van der Waals surface area contributed by atoms with Gasteiger partial charge < -0.3 is 0 Å². The van der Waals surface area contributed by atoms with Gasteiger partial charge in [0.2, 0.25) is 0 Å². The van der Waals surface area contributed by atoms with Crippen molar-refractivity contribution in [2.24, 2.45) is 0 Å². The van der Waals surface area contributed by atoms with Crippen molar-refractivity contribution < 1.29 is 0 Å². The first-order valence-electron chi connectivity index (χ1n) is 6.58. The summed E-state index contributed by atoms with van der Waals surface area (Å²) >= 11 is 3.08. The van der Waals surface area contributed by atoms with Crippen molar-refractivity contribution in [2.75, 3.05) is 5.75 Å². The summed E-state index contributed by atoms with van der Waals surface area (Å²) in [5.74, 6) is 0.945. The molecule has 0 aromatic carbocycles. The molecule has 0 atom stereocenters. The van der Waals surface area contributed by atoms with Crippen LogP contribution in [0.1, 0.15) is 26.7 Å². The van der Waals surface area contributed by atoms with Gasteiger partial charge in [-0.3, -0.25) is 9.36 Å². The van der Waals surface area contributed by atoms with E-state index in [2.05, 4.69) is 29.9 Å². The number of hydrogen-bond acceptors (Lipinski definition) is 5. The monoisotopic (exact) mass is 305 g/mol. The number of hydrogen-bond donors (Lipinski definition) is 0. The van der Waals surface area contributed by atoms with Crippen molar-refractivity contribution >= 4 is 39.1 Å². The Morgan fingerprint density at radius 2 is 2.35 bits per heavy atom. The van der Waals surface area contributed by atoms with Crippen LogP contribution in [0.3, 0.4) is 0 Å². The lowest BCUT2D eigenvalue weighted by Crippen LogP contribution is -2.19. The van der Waals surface area contributed by atoms with Crippen LogP contribution in [0.5, 0.6) is 0 Å². The van der Waals surface area contributed by atoms with E-state index in [0.717, 1.165) is 28.6 Å². The predicted molar refractivity (Wildman–Crippen MR) is 85.3 cm³/mol. The van der Waals surface area contributed by atoms with Crippen molar-refractivity contribution in [1.29, 1.82) is 0 Å². The summed E-state index contributed by atoms with van der Waals surface area (Å²) in [4.78, 5) is 21.3. The molecule has 0 saturated heterocycles. The van der Waals surface area contributed by atoms with E-state index in [9.17, 15) is 4.79 Å². The Bertz CT molecular complexity index is 770. The highest BCUT2D eigenvalue weighted by molar-refractivity contribution is 8.01. The van der Waals surface area contributed by atoms with Gasteiger partial charge in [-0.2, -0.15) is 0 Å². The molecule has 0 fully saturated rings. The van der Waals surface area contributed by atoms with Crippen LogP contribution in [0.25, 0.3) is 16.0 Å². The van der Waals surface area contributed by atoms with Crippen molar-refractivity contribution in [2.45, 2.75) is 31.0 Å². The third kappa shape index (κ3) is 2.33. The van der Waals surface area contributed by atoms with Gasteiger partial charge in [0.15, 0.2) is 9.99 Å². The van der Waals surface area contributed by atoms with Gasteiger partial charge >= 0.3 is 0 Å². The van der Waals surface area contributed by atoms with Crippen LogP contribution in [0, 0.1) is 0 Å². The summed E-state index contributed by atoms with van der Waals surface area (Å²) in [5, 5.41) is 0. The van der Waals surface area contributed by atoms with E-state index in [0.29, 0.717) is 10.3 Å². The highest BCUT2D eigenvalue weighted by Crippen LogP contribution is 2.27. The molecule has 4 nitrogen and oxygen atoms in total. The Morgan fingerprint density at radius 1 is 1.50 bits per heavy atom. The molecule has 6 heteroatoms. The summed E-state index contributed by atoms with van der Waals surface area (Å²) < 4.78 is 3.20. The molecule has 0 spiro atoms. The largest absolute Gasteiger partial charge is 0.277 e. The number of thioether (sulfide) groups is 1. The second kappa shape index (κ2) is 5.54. The molecule has 3 rings (SSSR count). The fourth-order valence-corrected chi connectivity index (χ4v) is 4.12. The second-order valence-electron chi connectivity index (χ2n) is 4.59. The Morgan fingerprint density at radius 3 is 3.10 bits per heavy atom. The van der Waals surface area contributed by atoms with E-state index in [4.69, 9.17) is 0 Å². The molecular weight excluding hydrogens is 290 g/mol. The van der Waals surface area contributed by atoms with E-state index in [1.807, 2.05) is 6.08 Å². The molecule has 2 heterocycles. The molecule has 0 unspecified atom stereocenters. The maximum absolute atomic E-state index is 12.6. The van der Waals surface area contributed by atoms with E-state index >= 15 is 0 Å². The lowest BCUT2D eigenvalue weighted by atomic mass is 10.0. The maximum Gasteiger partial charge on any atom is 0.277 e. The number of aromatic nitrogens is 3. The molecule has 0 saturated carbocycles. The molecule has 1 aliphatic carbocycles.